The predicted molar refractivity (Wildman–Crippen MR) is 115 cm³/mol. The van der Waals surface area contributed by atoms with Gasteiger partial charge in [0.2, 0.25) is 0 Å². The lowest BCUT2D eigenvalue weighted by molar-refractivity contribution is -0.139. The summed E-state index contributed by atoms with van der Waals surface area (Å²) in [5.41, 5.74) is 0. The Hall–Kier alpha value is -2.82. The number of carboxylic acids is 1. The van der Waals surface area contributed by atoms with Gasteiger partial charge in [-0.05, 0) is 26.2 Å². The number of aliphatic carboxylic acids is 1. The Morgan fingerprint density at radius 2 is 1.66 bits per heavy atom. The summed E-state index contributed by atoms with van der Waals surface area (Å²) in [5.74, 6) is -1.32. The number of carbonyl (C=O) groups is 4. The van der Waals surface area contributed by atoms with Crippen molar-refractivity contribution in [2.75, 3.05) is 39.5 Å². The second-order valence-corrected chi connectivity index (χ2v) is 6.77. The molecule has 0 aromatic heterocycles. The molecule has 0 spiro atoms. The van der Waals surface area contributed by atoms with E-state index in [0.717, 1.165) is 31.8 Å². The molecule has 0 saturated heterocycles. The van der Waals surface area contributed by atoms with Gasteiger partial charge in [0.25, 0.3) is 0 Å². The Labute approximate surface area is 188 Å². The summed E-state index contributed by atoms with van der Waals surface area (Å²) in [7, 11) is 0. The topological polar surface area (TPSA) is 149 Å². The lowest BCUT2D eigenvalue weighted by Crippen LogP contribution is -2.34. The molecule has 0 saturated carbocycles. The first-order chi connectivity index (χ1) is 15.4. The number of rotatable bonds is 19. The van der Waals surface area contributed by atoms with Gasteiger partial charge in [0, 0.05) is 25.6 Å². The predicted octanol–water partition coefficient (Wildman–Crippen LogP) is 2.39. The minimum Gasteiger partial charge on any atom is -0.481 e. The number of amides is 2. The van der Waals surface area contributed by atoms with Gasteiger partial charge in [-0.15, -0.1) is 0 Å². The second-order valence-electron chi connectivity index (χ2n) is 6.77. The fourth-order valence-corrected chi connectivity index (χ4v) is 2.50. The second kappa shape index (κ2) is 20.1. The minimum absolute atomic E-state index is 0.0830. The number of nitrogens with one attached hydrogen (secondary N) is 2. The Kier molecular flexibility index (Phi) is 18.3. The molecule has 0 aromatic carbocycles. The standard InChI is InChI=1S/C21H36N2O9/c1-3-19(26)30-15-14-29-13-12-23-20(27)31-16-17(32-21(28)22-4-2)10-8-6-5-7-9-11-18(24)25/h3,17H,1,4-16H2,2H3,(H,22,28)(H,23,27)(H,24,25). The van der Waals surface area contributed by atoms with Gasteiger partial charge >= 0.3 is 24.1 Å². The highest BCUT2D eigenvalue weighted by molar-refractivity contribution is 5.81. The molecule has 2 amide bonds. The van der Waals surface area contributed by atoms with Crippen molar-refractivity contribution in [3.05, 3.63) is 12.7 Å². The maximum absolute atomic E-state index is 11.8. The lowest BCUT2D eigenvalue weighted by atomic mass is 10.1. The third-order valence-corrected chi connectivity index (χ3v) is 4.07. The van der Waals surface area contributed by atoms with Crippen molar-refractivity contribution in [3.8, 4) is 0 Å². The summed E-state index contributed by atoms with van der Waals surface area (Å²) >= 11 is 0. The molecule has 0 radical (unpaired) electrons. The van der Waals surface area contributed by atoms with Crippen molar-refractivity contribution < 1.29 is 43.2 Å². The third-order valence-electron chi connectivity index (χ3n) is 4.07. The quantitative estimate of drug-likeness (QED) is 0.114. The van der Waals surface area contributed by atoms with Gasteiger partial charge in [0.15, 0.2) is 0 Å². The van der Waals surface area contributed by atoms with E-state index in [4.69, 9.17) is 24.1 Å². The van der Waals surface area contributed by atoms with Crippen molar-refractivity contribution in [2.45, 2.75) is 58.0 Å². The summed E-state index contributed by atoms with van der Waals surface area (Å²) in [6.45, 7) is 6.07. The first kappa shape index (κ1) is 29.2. The summed E-state index contributed by atoms with van der Waals surface area (Å²) in [4.78, 5) is 44.8. The molecule has 1 unspecified atom stereocenters. The molecule has 0 aliphatic rings. The van der Waals surface area contributed by atoms with Crippen LogP contribution in [0.1, 0.15) is 51.9 Å². The van der Waals surface area contributed by atoms with Crippen molar-refractivity contribution in [1.82, 2.24) is 10.6 Å². The zero-order chi connectivity index (χ0) is 24.0. The number of esters is 1. The fraction of sp³-hybridized carbons (Fsp3) is 0.714. The summed E-state index contributed by atoms with van der Waals surface area (Å²) in [6.07, 6.45) is 3.90. The van der Waals surface area contributed by atoms with Crippen molar-refractivity contribution in [2.24, 2.45) is 0 Å². The summed E-state index contributed by atoms with van der Waals surface area (Å²) in [6, 6.07) is 0. The van der Waals surface area contributed by atoms with Crippen LogP contribution in [-0.2, 0) is 28.5 Å². The van der Waals surface area contributed by atoms with E-state index in [-0.39, 0.29) is 39.4 Å². The summed E-state index contributed by atoms with van der Waals surface area (Å²) < 4.78 is 20.4. The molecule has 0 rings (SSSR count). The smallest absolute Gasteiger partial charge is 0.407 e. The number of alkyl carbamates (subject to hydrolysis) is 2. The zero-order valence-electron chi connectivity index (χ0n) is 18.8. The van der Waals surface area contributed by atoms with Gasteiger partial charge < -0.3 is 34.7 Å². The number of carboxylic acid groups (broad SMARTS) is 1. The Morgan fingerprint density at radius 1 is 0.938 bits per heavy atom. The molecule has 0 aliphatic heterocycles. The highest BCUT2D eigenvalue weighted by Crippen LogP contribution is 2.11. The monoisotopic (exact) mass is 460 g/mol. The van der Waals surface area contributed by atoms with Gasteiger partial charge in [0.1, 0.15) is 19.3 Å². The van der Waals surface area contributed by atoms with Crippen LogP contribution in [0.4, 0.5) is 9.59 Å². The first-order valence-electron chi connectivity index (χ1n) is 10.8. The van der Waals surface area contributed by atoms with Gasteiger partial charge in [-0.1, -0.05) is 25.8 Å². The Balaban J connectivity index is 4.03. The minimum atomic E-state index is -0.795. The van der Waals surface area contributed by atoms with Crippen LogP contribution in [0, 0.1) is 0 Å². The van der Waals surface area contributed by atoms with E-state index in [1.807, 2.05) is 0 Å². The Morgan fingerprint density at radius 3 is 2.34 bits per heavy atom. The molecule has 0 heterocycles. The van der Waals surface area contributed by atoms with E-state index in [1.54, 1.807) is 6.92 Å². The van der Waals surface area contributed by atoms with Gasteiger partial charge in [0.05, 0.1) is 13.2 Å². The number of unbranched alkanes of at least 4 members (excludes halogenated alkanes) is 4. The van der Waals surface area contributed by atoms with Crippen LogP contribution < -0.4 is 10.6 Å². The fourth-order valence-electron chi connectivity index (χ4n) is 2.50. The largest absolute Gasteiger partial charge is 0.481 e. The lowest BCUT2D eigenvalue weighted by Gasteiger charge is -2.18. The zero-order valence-corrected chi connectivity index (χ0v) is 18.8. The molecule has 32 heavy (non-hydrogen) atoms. The molecule has 0 aliphatic carbocycles. The van der Waals surface area contributed by atoms with Crippen LogP contribution >= 0.6 is 0 Å². The molecule has 11 nitrogen and oxygen atoms in total. The SMILES string of the molecule is C=CC(=O)OCCOCCNC(=O)OCC(CCCCCCCC(=O)O)OC(=O)NCC. The number of ether oxygens (including phenoxy) is 4. The van der Waals surface area contributed by atoms with Crippen LogP contribution in [0.3, 0.4) is 0 Å². The summed E-state index contributed by atoms with van der Waals surface area (Å²) in [5, 5.41) is 13.7. The van der Waals surface area contributed by atoms with Gasteiger partial charge in [-0.2, -0.15) is 0 Å². The maximum atomic E-state index is 11.8. The van der Waals surface area contributed by atoms with E-state index >= 15 is 0 Å². The first-order valence-corrected chi connectivity index (χ1v) is 10.8. The number of hydrogen-bond donors (Lipinski definition) is 3. The molecule has 0 aromatic rings. The van der Waals surface area contributed by atoms with Crippen molar-refractivity contribution in [1.29, 1.82) is 0 Å². The normalized spacial score (nSPS) is 11.2. The van der Waals surface area contributed by atoms with E-state index in [9.17, 15) is 19.2 Å². The van der Waals surface area contributed by atoms with Crippen molar-refractivity contribution in [3.63, 3.8) is 0 Å². The van der Waals surface area contributed by atoms with E-state index < -0.39 is 30.2 Å². The molecule has 0 bridgehead atoms. The number of carbonyl (C=O) groups excluding carboxylic acids is 3. The molecule has 184 valence electrons. The molecular formula is C21H36N2O9. The van der Waals surface area contributed by atoms with Gasteiger partial charge in [-0.3, -0.25) is 4.79 Å². The van der Waals surface area contributed by atoms with Crippen LogP contribution in [0.5, 0.6) is 0 Å². The Bertz CT molecular complexity index is 569. The van der Waals surface area contributed by atoms with Crippen LogP contribution in [-0.4, -0.2) is 74.9 Å². The molecular weight excluding hydrogens is 424 g/mol. The van der Waals surface area contributed by atoms with E-state index in [0.29, 0.717) is 19.4 Å². The molecule has 1 atom stereocenters. The highest BCUT2D eigenvalue weighted by Gasteiger charge is 2.16. The third kappa shape index (κ3) is 19.2. The van der Waals surface area contributed by atoms with Crippen LogP contribution in [0.15, 0.2) is 12.7 Å². The van der Waals surface area contributed by atoms with E-state index in [1.165, 1.54) is 0 Å². The average molecular weight is 461 g/mol. The van der Waals surface area contributed by atoms with Crippen LogP contribution in [0.25, 0.3) is 0 Å². The maximum Gasteiger partial charge on any atom is 0.407 e. The molecule has 11 heteroatoms. The highest BCUT2D eigenvalue weighted by atomic mass is 16.6. The van der Waals surface area contributed by atoms with E-state index in [2.05, 4.69) is 17.2 Å². The van der Waals surface area contributed by atoms with Crippen LogP contribution in [0.2, 0.25) is 0 Å². The van der Waals surface area contributed by atoms with Gasteiger partial charge in [-0.25, -0.2) is 14.4 Å². The number of hydrogen-bond acceptors (Lipinski definition) is 8. The van der Waals surface area contributed by atoms with Crippen molar-refractivity contribution >= 4 is 24.1 Å². The molecule has 3 N–H and O–H groups in total. The molecule has 0 fully saturated rings. The average Bonchev–Trinajstić information content (AvgIpc) is 2.75.